The van der Waals surface area contributed by atoms with Gasteiger partial charge in [-0.15, -0.1) is 0 Å². The van der Waals surface area contributed by atoms with Gasteiger partial charge in [-0.3, -0.25) is 4.79 Å². The summed E-state index contributed by atoms with van der Waals surface area (Å²) in [5, 5.41) is 2.78. The van der Waals surface area contributed by atoms with E-state index in [9.17, 15) is 13.2 Å². The van der Waals surface area contributed by atoms with Crippen molar-refractivity contribution in [2.24, 2.45) is 0 Å². The molecule has 8 nitrogen and oxygen atoms in total. The molecule has 0 aliphatic heterocycles. The summed E-state index contributed by atoms with van der Waals surface area (Å²) in [6.45, 7) is 4.10. The molecule has 1 atom stereocenters. The molecule has 0 heterocycles. The summed E-state index contributed by atoms with van der Waals surface area (Å²) < 4.78 is 45.1. The highest BCUT2D eigenvalue weighted by Crippen LogP contribution is 2.29. The molecule has 0 saturated heterocycles. The minimum absolute atomic E-state index is 0.0475. The molecule has 0 saturated carbocycles. The molecule has 35 heavy (non-hydrogen) atoms. The van der Waals surface area contributed by atoms with Crippen LogP contribution in [0.4, 0.5) is 5.69 Å². The van der Waals surface area contributed by atoms with Crippen LogP contribution in [0.5, 0.6) is 17.2 Å². The topological polar surface area (TPSA) is 103 Å². The van der Waals surface area contributed by atoms with Crippen LogP contribution in [0, 0.1) is 6.92 Å². The molecule has 0 fully saturated rings. The van der Waals surface area contributed by atoms with Crippen LogP contribution in [0.3, 0.4) is 0 Å². The predicted molar refractivity (Wildman–Crippen MR) is 135 cm³/mol. The average molecular weight is 499 g/mol. The number of aryl methyl sites for hydroxylation is 1. The van der Waals surface area contributed by atoms with Crippen LogP contribution in [-0.2, 0) is 21.2 Å². The maximum atomic E-state index is 13.3. The quantitative estimate of drug-likeness (QED) is 0.415. The number of nitrogens with one attached hydrogen (secondary N) is 2. The van der Waals surface area contributed by atoms with Gasteiger partial charge >= 0.3 is 0 Å². The van der Waals surface area contributed by atoms with Crippen LogP contribution in [0.2, 0.25) is 0 Å². The van der Waals surface area contributed by atoms with E-state index in [1.807, 2.05) is 37.3 Å². The van der Waals surface area contributed by atoms with Gasteiger partial charge in [0, 0.05) is 6.07 Å². The summed E-state index contributed by atoms with van der Waals surface area (Å²) in [7, 11) is -1.01. The number of hydrogen-bond donors (Lipinski definition) is 2. The number of ether oxygens (including phenoxy) is 3. The van der Waals surface area contributed by atoms with E-state index in [4.69, 9.17) is 14.2 Å². The third-order valence-corrected chi connectivity index (χ3v) is 6.79. The van der Waals surface area contributed by atoms with Crippen molar-refractivity contribution in [3.05, 3.63) is 77.9 Å². The van der Waals surface area contributed by atoms with E-state index < -0.39 is 22.0 Å². The molecule has 0 unspecified atom stereocenters. The summed E-state index contributed by atoms with van der Waals surface area (Å²) in [6.07, 6.45) is 0.153. The van der Waals surface area contributed by atoms with Crippen molar-refractivity contribution in [1.82, 2.24) is 4.72 Å². The zero-order valence-corrected chi connectivity index (χ0v) is 21.0. The molecular weight excluding hydrogens is 468 g/mol. The molecule has 9 heteroatoms. The van der Waals surface area contributed by atoms with Gasteiger partial charge < -0.3 is 19.5 Å². The minimum atomic E-state index is -4.02. The van der Waals surface area contributed by atoms with Gasteiger partial charge in [0.2, 0.25) is 15.9 Å². The summed E-state index contributed by atoms with van der Waals surface area (Å²) in [4.78, 5) is 13.4. The molecule has 3 aromatic carbocycles. The fourth-order valence-electron chi connectivity index (χ4n) is 3.52. The first-order valence-corrected chi connectivity index (χ1v) is 12.6. The van der Waals surface area contributed by atoms with Crippen LogP contribution in [-0.4, -0.2) is 41.2 Å². The molecule has 3 rings (SSSR count). The van der Waals surface area contributed by atoms with Crippen LogP contribution < -0.4 is 24.2 Å². The number of hydrogen-bond acceptors (Lipinski definition) is 6. The number of benzene rings is 3. The van der Waals surface area contributed by atoms with Crippen LogP contribution in [0.1, 0.15) is 18.1 Å². The number of rotatable bonds is 11. The fraction of sp³-hybridized carbons (Fsp3) is 0.269. The SMILES string of the molecule is CCOc1ccc(S(=O)(=O)N[C@H](Cc2ccccc2)C(=O)Nc2ccc(OC)cc2OC)cc1C. The summed E-state index contributed by atoms with van der Waals surface area (Å²) in [5.74, 6) is 1.04. The summed E-state index contributed by atoms with van der Waals surface area (Å²) in [5.41, 5.74) is 1.88. The van der Waals surface area contributed by atoms with Gasteiger partial charge in [0.05, 0.1) is 31.4 Å². The van der Waals surface area contributed by atoms with Crippen molar-refractivity contribution < 1.29 is 27.4 Å². The number of methoxy groups -OCH3 is 2. The first-order valence-electron chi connectivity index (χ1n) is 11.1. The third kappa shape index (κ3) is 6.74. The van der Waals surface area contributed by atoms with Crippen molar-refractivity contribution in [1.29, 1.82) is 0 Å². The second-order valence-corrected chi connectivity index (χ2v) is 9.49. The first-order chi connectivity index (χ1) is 16.8. The predicted octanol–water partition coefficient (Wildman–Crippen LogP) is 3.94. The second kappa shape index (κ2) is 11.7. The van der Waals surface area contributed by atoms with Crippen molar-refractivity contribution in [2.75, 3.05) is 26.1 Å². The number of sulfonamides is 1. The monoisotopic (exact) mass is 498 g/mol. The van der Waals surface area contributed by atoms with Crippen LogP contribution in [0.25, 0.3) is 0 Å². The lowest BCUT2D eigenvalue weighted by Gasteiger charge is -2.20. The zero-order valence-electron chi connectivity index (χ0n) is 20.2. The first kappa shape index (κ1) is 26.1. The van der Waals surface area contributed by atoms with Gasteiger partial charge in [-0.05, 0) is 61.7 Å². The Morgan fingerprint density at radius 1 is 0.943 bits per heavy atom. The Balaban J connectivity index is 1.90. The Labute approximate surface area is 206 Å². The fourth-order valence-corrected chi connectivity index (χ4v) is 4.80. The molecule has 0 bridgehead atoms. The number of amides is 1. The summed E-state index contributed by atoms with van der Waals surface area (Å²) in [6, 6.07) is 17.7. The van der Waals surface area contributed by atoms with Crippen LogP contribution >= 0.6 is 0 Å². The van der Waals surface area contributed by atoms with Crippen LogP contribution in [0.15, 0.2) is 71.6 Å². The Morgan fingerprint density at radius 2 is 1.69 bits per heavy atom. The van der Waals surface area contributed by atoms with E-state index in [-0.39, 0.29) is 11.3 Å². The van der Waals surface area contributed by atoms with Crippen molar-refractivity contribution in [3.8, 4) is 17.2 Å². The minimum Gasteiger partial charge on any atom is -0.497 e. The van der Waals surface area contributed by atoms with Gasteiger partial charge in [0.15, 0.2) is 0 Å². The molecule has 0 aliphatic carbocycles. The lowest BCUT2D eigenvalue weighted by atomic mass is 10.1. The zero-order chi connectivity index (χ0) is 25.4. The number of carbonyl (C=O) groups is 1. The smallest absolute Gasteiger partial charge is 0.243 e. The highest BCUT2D eigenvalue weighted by Gasteiger charge is 2.27. The normalized spacial score (nSPS) is 12.0. The van der Waals surface area contributed by atoms with E-state index >= 15 is 0 Å². The maximum absolute atomic E-state index is 13.3. The van der Waals surface area contributed by atoms with Crippen molar-refractivity contribution in [3.63, 3.8) is 0 Å². The van der Waals surface area contributed by atoms with Gasteiger partial charge in [-0.2, -0.15) is 4.72 Å². The lowest BCUT2D eigenvalue weighted by Crippen LogP contribution is -2.45. The standard InChI is InChI=1S/C26H30N2O6S/c1-5-34-24-14-12-21(15-18(24)2)35(30,31)28-23(16-19-9-7-6-8-10-19)26(29)27-22-13-11-20(32-3)17-25(22)33-4/h6-15,17,23,28H,5,16H2,1-4H3,(H,27,29)/t23-/m1/s1. The number of anilines is 1. The molecular formula is C26H30N2O6S. The second-order valence-electron chi connectivity index (χ2n) is 7.78. The van der Waals surface area contributed by atoms with Gasteiger partial charge in [0.1, 0.15) is 23.3 Å². The molecule has 1 amide bonds. The van der Waals surface area contributed by atoms with E-state index in [0.29, 0.717) is 35.1 Å². The van der Waals surface area contributed by atoms with Gasteiger partial charge in [0.25, 0.3) is 0 Å². The Kier molecular flexibility index (Phi) is 8.73. The molecule has 186 valence electrons. The maximum Gasteiger partial charge on any atom is 0.243 e. The Hall–Kier alpha value is -3.56. The van der Waals surface area contributed by atoms with E-state index in [0.717, 1.165) is 5.56 Å². The Bertz CT molecular complexity index is 1260. The molecule has 0 aromatic heterocycles. The summed E-state index contributed by atoms with van der Waals surface area (Å²) >= 11 is 0. The van der Waals surface area contributed by atoms with Crippen molar-refractivity contribution >= 4 is 21.6 Å². The van der Waals surface area contributed by atoms with E-state index in [1.165, 1.54) is 26.4 Å². The van der Waals surface area contributed by atoms with Gasteiger partial charge in [-0.1, -0.05) is 30.3 Å². The molecule has 3 aromatic rings. The number of carbonyl (C=O) groups excluding carboxylic acids is 1. The van der Waals surface area contributed by atoms with E-state index in [1.54, 1.807) is 31.2 Å². The molecule has 0 radical (unpaired) electrons. The third-order valence-electron chi connectivity index (χ3n) is 5.32. The largest absolute Gasteiger partial charge is 0.497 e. The average Bonchev–Trinajstić information content (AvgIpc) is 2.85. The highest BCUT2D eigenvalue weighted by molar-refractivity contribution is 7.89. The lowest BCUT2D eigenvalue weighted by molar-refractivity contribution is -0.117. The van der Waals surface area contributed by atoms with Gasteiger partial charge in [-0.25, -0.2) is 8.42 Å². The highest BCUT2D eigenvalue weighted by atomic mass is 32.2. The Morgan fingerprint density at radius 3 is 2.31 bits per heavy atom. The molecule has 0 spiro atoms. The van der Waals surface area contributed by atoms with Crippen molar-refractivity contribution in [2.45, 2.75) is 31.2 Å². The van der Waals surface area contributed by atoms with E-state index in [2.05, 4.69) is 10.0 Å². The molecule has 0 aliphatic rings. The molecule has 2 N–H and O–H groups in total.